The predicted octanol–water partition coefficient (Wildman–Crippen LogP) is 2.50. The largest absolute Gasteiger partial charge is 0.347 e. The van der Waals surface area contributed by atoms with Crippen LogP contribution < -0.4 is 10.2 Å². The minimum absolute atomic E-state index is 0.497. The lowest BCUT2D eigenvalue weighted by atomic mass is 9.98. The highest BCUT2D eigenvalue weighted by Gasteiger charge is 2.24. The van der Waals surface area contributed by atoms with Crippen LogP contribution in [0.1, 0.15) is 41.9 Å². The van der Waals surface area contributed by atoms with Crippen LogP contribution in [0, 0.1) is 0 Å². The Morgan fingerprint density at radius 1 is 1.52 bits per heavy atom. The molecule has 21 heavy (non-hydrogen) atoms. The monoisotopic (exact) mass is 305 g/mol. The summed E-state index contributed by atoms with van der Waals surface area (Å²) in [5.74, 6) is 0. The Labute approximate surface area is 130 Å². The summed E-state index contributed by atoms with van der Waals surface area (Å²) in [6.07, 6.45) is 7.57. The number of nitrogens with one attached hydrogen (secondary N) is 1. The van der Waals surface area contributed by atoms with Gasteiger partial charge in [-0.25, -0.2) is 4.98 Å². The van der Waals surface area contributed by atoms with Gasteiger partial charge in [0.05, 0.1) is 11.9 Å². The van der Waals surface area contributed by atoms with Gasteiger partial charge in [-0.05, 0) is 25.8 Å². The molecule has 1 atom stereocenters. The molecule has 2 heterocycles. The molecule has 0 saturated carbocycles. The fraction of sp³-hybridized carbons (Fsp3) is 0.600. The first kappa shape index (κ1) is 14.5. The summed E-state index contributed by atoms with van der Waals surface area (Å²) in [4.78, 5) is 8.53. The lowest BCUT2D eigenvalue weighted by Gasteiger charge is -2.21. The van der Waals surface area contributed by atoms with Crippen molar-refractivity contribution in [3.63, 3.8) is 0 Å². The van der Waals surface area contributed by atoms with E-state index in [1.54, 1.807) is 0 Å². The molecule has 3 rings (SSSR count). The van der Waals surface area contributed by atoms with Crippen LogP contribution in [0.4, 0.5) is 5.13 Å². The lowest BCUT2D eigenvalue weighted by molar-refractivity contribution is 0.476. The number of fused-ring (bicyclic) bond motifs is 1. The number of hydrogen-bond donors (Lipinski definition) is 1. The number of rotatable bonds is 5. The zero-order chi connectivity index (χ0) is 14.8. The third-order valence-corrected chi connectivity index (χ3v) is 5.22. The molecule has 2 aromatic heterocycles. The summed E-state index contributed by atoms with van der Waals surface area (Å²) in [5.41, 5.74) is 2.52. The first-order valence-corrected chi connectivity index (χ1v) is 8.40. The van der Waals surface area contributed by atoms with Gasteiger partial charge in [-0.15, -0.1) is 0 Å². The molecular formula is C15H23N5S. The third-order valence-electron chi connectivity index (χ3n) is 3.89. The fourth-order valence-corrected chi connectivity index (χ4v) is 4.09. The van der Waals surface area contributed by atoms with Gasteiger partial charge in [-0.3, -0.25) is 4.68 Å². The topological polar surface area (TPSA) is 46.0 Å². The van der Waals surface area contributed by atoms with E-state index in [9.17, 15) is 0 Å². The van der Waals surface area contributed by atoms with Gasteiger partial charge in [0, 0.05) is 43.3 Å². The molecule has 0 aliphatic heterocycles. The summed E-state index contributed by atoms with van der Waals surface area (Å²) in [6.45, 7) is 4.04. The standard InChI is InChI=1S/C15H23N5S/c1-4-16-12-6-5-7-13-14(12)21-15(18-13)19(2)9-11-8-17-20(3)10-11/h8,10,12,16H,4-7,9H2,1-3H3. The Hall–Kier alpha value is -1.40. The van der Waals surface area contributed by atoms with Crippen molar-refractivity contribution in [2.24, 2.45) is 7.05 Å². The fourth-order valence-electron chi connectivity index (χ4n) is 2.91. The van der Waals surface area contributed by atoms with Crippen LogP contribution in [0.5, 0.6) is 0 Å². The summed E-state index contributed by atoms with van der Waals surface area (Å²) < 4.78 is 1.84. The van der Waals surface area contributed by atoms with Gasteiger partial charge in [0.15, 0.2) is 5.13 Å². The second kappa shape index (κ2) is 6.15. The van der Waals surface area contributed by atoms with Crippen molar-refractivity contribution in [2.75, 3.05) is 18.5 Å². The molecule has 1 aliphatic carbocycles. The maximum absolute atomic E-state index is 4.86. The Morgan fingerprint density at radius 3 is 3.10 bits per heavy atom. The van der Waals surface area contributed by atoms with Gasteiger partial charge in [0.1, 0.15) is 0 Å². The Bertz CT molecular complexity index is 603. The third kappa shape index (κ3) is 3.11. The maximum atomic E-state index is 4.86. The number of anilines is 1. The van der Waals surface area contributed by atoms with E-state index < -0.39 is 0 Å². The molecule has 0 bridgehead atoms. The van der Waals surface area contributed by atoms with Gasteiger partial charge < -0.3 is 10.2 Å². The van der Waals surface area contributed by atoms with Gasteiger partial charge in [-0.1, -0.05) is 18.3 Å². The van der Waals surface area contributed by atoms with Crippen LogP contribution >= 0.6 is 11.3 Å². The highest BCUT2D eigenvalue weighted by atomic mass is 32.1. The molecule has 1 unspecified atom stereocenters. The smallest absolute Gasteiger partial charge is 0.185 e. The molecule has 0 saturated heterocycles. The molecule has 6 heteroatoms. The first-order chi connectivity index (χ1) is 10.2. The summed E-state index contributed by atoms with van der Waals surface area (Å²) in [6, 6.07) is 0.497. The molecule has 1 aliphatic rings. The van der Waals surface area contributed by atoms with Crippen molar-refractivity contribution in [1.29, 1.82) is 0 Å². The van der Waals surface area contributed by atoms with Gasteiger partial charge in [0.2, 0.25) is 0 Å². The SMILES string of the molecule is CCNC1CCCc2nc(N(C)Cc3cnn(C)c3)sc21. The average Bonchev–Trinajstić information content (AvgIpc) is 3.06. The molecule has 114 valence electrons. The zero-order valence-electron chi connectivity index (χ0n) is 13.0. The number of hydrogen-bond acceptors (Lipinski definition) is 5. The van der Waals surface area contributed by atoms with Crippen LogP contribution in [0.2, 0.25) is 0 Å². The first-order valence-electron chi connectivity index (χ1n) is 7.59. The van der Waals surface area contributed by atoms with E-state index in [1.165, 1.54) is 29.0 Å². The van der Waals surface area contributed by atoms with Crippen LogP contribution in [-0.4, -0.2) is 28.4 Å². The quantitative estimate of drug-likeness (QED) is 0.922. The molecule has 5 nitrogen and oxygen atoms in total. The second-order valence-corrected chi connectivity index (χ2v) is 6.70. The normalized spacial score (nSPS) is 17.8. The van der Waals surface area contributed by atoms with E-state index >= 15 is 0 Å². The van der Waals surface area contributed by atoms with Crippen LogP contribution in [0.15, 0.2) is 12.4 Å². The second-order valence-electron chi connectivity index (χ2n) is 5.69. The highest BCUT2D eigenvalue weighted by Crippen LogP contribution is 2.37. The lowest BCUT2D eigenvalue weighted by Crippen LogP contribution is -2.23. The van der Waals surface area contributed by atoms with E-state index in [1.807, 2.05) is 29.3 Å². The van der Waals surface area contributed by atoms with Crippen molar-refractivity contribution >= 4 is 16.5 Å². The van der Waals surface area contributed by atoms with E-state index in [2.05, 4.69) is 35.5 Å². The Morgan fingerprint density at radius 2 is 2.38 bits per heavy atom. The van der Waals surface area contributed by atoms with Crippen molar-refractivity contribution < 1.29 is 0 Å². The number of thiazole rings is 1. The van der Waals surface area contributed by atoms with Gasteiger partial charge >= 0.3 is 0 Å². The van der Waals surface area contributed by atoms with Crippen LogP contribution in [0.3, 0.4) is 0 Å². The van der Waals surface area contributed by atoms with Crippen molar-refractivity contribution in [3.05, 3.63) is 28.5 Å². The van der Waals surface area contributed by atoms with Gasteiger partial charge in [-0.2, -0.15) is 5.10 Å². The van der Waals surface area contributed by atoms with Crippen molar-refractivity contribution in [1.82, 2.24) is 20.1 Å². The highest BCUT2D eigenvalue weighted by molar-refractivity contribution is 7.15. The number of aromatic nitrogens is 3. The number of aryl methyl sites for hydroxylation is 2. The predicted molar refractivity (Wildman–Crippen MR) is 86.8 cm³/mol. The summed E-state index contributed by atoms with van der Waals surface area (Å²) in [7, 11) is 4.06. The molecule has 0 aromatic carbocycles. The Balaban J connectivity index is 1.76. The molecule has 1 N–H and O–H groups in total. The van der Waals surface area contributed by atoms with Crippen LogP contribution in [0.25, 0.3) is 0 Å². The summed E-state index contributed by atoms with van der Waals surface area (Å²) in [5, 5.41) is 8.93. The molecule has 0 amide bonds. The van der Waals surface area contributed by atoms with Gasteiger partial charge in [0.25, 0.3) is 0 Å². The van der Waals surface area contributed by atoms with E-state index in [0.717, 1.165) is 24.6 Å². The van der Waals surface area contributed by atoms with E-state index in [-0.39, 0.29) is 0 Å². The van der Waals surface area contributed by atoms with E-state index in [4.69, 9.17) is 4.98 Å². The minimum Gasteiger partial charge on any atom is -0.347 e. The molecule has 2 aromatic rings. The molecule has 0 spiro atoms. The molecular weight excluding hydrogens is 282 g/mol. The molecule has 0 radical (unpaired) electrons. The Kier molecular flexibility index (Phi) is 4.26. The maximum Gasteiger partial charge on any atom is 0.185 e. The van der Waals surface area contributed by atoms with Crippen molar-refractivity contribution in [2.45, 2.75) is 38.8 Å². The number of nitrogens with zero attached hydrogens (tertiary/aromatic N) is 4. The van der Waals surface area contributed by atoms with Crippen molar-refractivity contribution in [3.8, 4) is 0 Å². The van der Waals surface area contributed by atoms with E-state index in [0.29, 0.717) is 6.04 Å². The molecule has 0 fully saturated rings. The van der Waals surface area contributed by atoms with Crippen LogP contribution in [-0.2, 0) is 20.0 Å². The average molecular weight is 305 g/mol. The summed E-state index contributed by atoms with van der Waals surface area (Å²) >= 11 is 1.84. The minimum atomic E-state index is 0.497. The zero-order valence-corrected chi connectivity index (χ0v) is 13.8.